The molecule has 1 aromatic heterocycles. The molecule has 0 bridgehead atoms. The van der Waals surface area contributed by atoms with E-state index in [-0.39, 0.29) is 5.91 Å². The number of benzene rings is 1. The Labute approximate surface area is 171 Å². The summed E-state index contributed by atoms with van der Waals surface area (Å²) in [6, 6.07) is 5.21. The molecule has 0 fully saturated rings. The number of aryl methyl sites for hydroxylation is 3. The molecule has 2 N–H and O–H groups in total. The lowest BCUT2D eigenvalue weighted by Crippen LogP contribution is -2.39. The molecule has 1 aromatic carbocycles. The van der Waals surface area contributed by atoms with Crippen molar-refractivity contribution in [3.8, 4) is 0 Å². The molecule has 0 aliphatic carbocycles. The van der Waals surface area contributed by atoms with E-state index in [0.29, 0.717) is 11.6 Å². The summed E-state index contributed by atoms with van der Waals surface area (Å²) < 4.78 is 2.14. The van der Waals surface area contributed by atoms with Crippen molar-refractivity contribution in [1.82, 2.24) is 14.9 Å². The number of rotatable bonds is 6. The average molecular weight is 403 g/mol. The van der Waals surface area contributed by atoms with E-state index in [0.717, 1.165) is 34.2 Å². The summed E-state index contributed by atoms with van der Waals surface area (Å²) in [5.74, 6) is 0.126. The maximum absolute atomic E-state index is 12.5. The SMILES string of the molecule is Cc1ccc(NC(=O)NC(=O)C(C)Sc2nc(C)c(C)n2CC(C)C)c(C)c1. The van der Waals surface area contributed by atoms with Gasteiger partial charge in [0, 0.05) is 17.9 Å². The lowest BCUT2D eigenvalue weighted by molar-refractivity contribution is -0.119. The number of hydrogen-bond acceptors (Lipinski definition) is 4. The molecule has 6 nitrogen and oxygen atoms in total. The van der Waals surface area contributed by atoms with Gasteiger partial charge in [0.1, 0.15) is 0 Å². The number of nitrogens with zero attached hydrogens (tertiary/aromatic N) is 2. The molecule has 1 heterocycles. The second-order valence-corrected chi connectivity index (χ2v) is 8.90. The topological polar surface area (TPSA) is 76.0 Å². The average Bonchev–Trinajstić information content (AvgIpc) is 2.84. The largest absolute Gasteiger partial charge is 0.325 e. The van der Waals surface area contributed by atoms with Crippen molar-refractivity contribution in [1.29, 1.82) is 0 Å². The number of imidazole rings is 1. The van der Waals surface area contributed by atoms with Crippen molar-refractivity contribution in [2.45, 2.75) is 65.4 Å². The Morgan fingerprint density at radius 1 is 1.14 bits per heavy atom. The Bertz CT molecular complexity index is 874. The predicted octanol–water partition coefficient (Wildman–Crippen LogP) is 4.60. The van der Waals surface area contributed by atoms with Crippen LogP contribution in [-0.2, 0) is 11.3 Å². The number of imide groups is 1. The highest BCUT2D eigenvalue weighted by molar-refractivity contribution is 8.00. The van der Waals surface area contributed by atoms with E-state index < -0.39 is 11.3 Å². The fraction of sp³-hybridized carbons (Fsp3) is 0.476. The van der Waals surface area contributed by atoms with Gasteiger partial charge in [0.25, 0.3) is 0 Å². The first-order valence-electron chi connectivity index (χ1n) is 9.48. The van der Waals surface area contributed by atoms with Crippen LogP contribution in [0.25, 0.3) is 0 Å². The van der Waals surface area contributed by atoms with Crippen molar-refractivity contribution in [2.75, 3.05) is 5.32 Å². The third kappa shape index (κ3) is 5.61. The molecule has 2 rings (SSSR count). The molecule has 28 heavy (non-hydrogen) atoms. The summed E-state index contributed by atoms with van der Waals surface area (Å²) in [6.45, 7) is 14.8. The minimum Gasteiger partial charge on any atom is -0.323 e. The maximum Gasteiger partial charge on any atom is 0.325 e. The number of aromatic nitrogens is 2. The molecule has 3 amide bonds. The summed E-state index contributed by atoms with van der Waals surface area (Å²) in [5.41, 5.74) is 4.83. The zero-order chi connectivity index (χ0) is 21.0. The van der Waals surface area contributed by atoms with Crippen LogP contribution in [0.4, 0.5) is 10.5 Å². The Morgan fingerprint density at radius 2 is 1.82 bits per heavy atom. The molecule has 1 atom stereocenters. The van der Waals surface area contributed by atoms with Gasteiger partial charge in [-0.3, -0.25) is 10.1 Å². The zero-order valence-electron chi connectivity index (χ0n) is 17.7. The molecule has 0 saturated heterocycles. The summed E-state index contributed by atoms with van der Waals surface area (Å²) >= 11 is 1.37. The minimum absolute atomic E-state index is 0.346. The van der Waals surface area contributed by atoms with Gasteiger partial charge in [0.2, 0.25) is 5.91 Å². The van der Waals surface area contributed by atoms with Crippen LogP contribution in [-0.4, -0.2) is 26.7 Å². The monoisotopic (exact) mass is 402 g/mol. The van der Waals surface area contributed by atoms with Crippen molar-refractivity contribution in [2.24, 2.45) is 5.92 Å². The van der Waals surface area contributed by atoms with E-state index in [4.69, 9.17) is 0 Å². The molecule has 0 saturated carbocycles. The van der Waals surface area contributed by atoms with Gasteiger partial charge in [-0.25, -0.2) is 9.78 Å². The first-order chi connectivity index (χ1) is 13.1. The van der Waals surface area contributed by atoms with E-state index >= 15 is 0 Å². The molecule has 0 radical (unpaired) electrons. The minimum atomic E-state index is -0.526. The maximum atomic E-state index is 12.5. The molecule has 152 valence electrons. The van der Waals surface area contributed by atoms with Crippen molar-refractivity contribution >= 4 is 29.4 Å². The van der Waals surface area contributed by atoms with Gasteiger partial charge < -0.3 is 9.88 Å². The van der Waals surface area contributed by atoms with E-state index in [1.165, 1.54) is 11.8 Å². The lowest BCUT2D eigenvalue weighted by atomic mass is 10.1. The van der Waals surface area contributed by atoms with E-state index in [1.807, 2.05) is 45.9 Å². The summed E-state index contributed by atoms with van der Waals surface area (Å²) in [6.07, 6.45) is 0. The number of thioether (sulfide) groups is 1. The van der Waals surface area contributed by atoms with Crippen LogP contribution in [0.2, 0.25) is 0 Å². The van der Waals surface area contributed by atoms with Gasteiger partial charge in [-0.1, -0.05) is 43.3 Å². The summed E-state index contributed by atoms with van der Waals surface area (Å²) in [4.78, 5) is 29.3. The third-order valence-corrected chi connectivity index (χ3v) is 5.58. The molecule has 0 spiro atoms. The highest BCUT2D eigenvalue weighted by Crippen LogP contribution is 2.26. The van der Waals surface area contributed by atoms with Crippen LogP contribution in [0.3, 0.4) is 0 Å². The summed E-state index contributed by atoms with van der Waals surface area (Å²) in [5, 5.41) is 5.52. The molecule has 2 aromatic rings. The van der Waals surface area contributed by atoms with Crippen LogP contribution in [0.1, 0.15) is 43.3 Å². The molecule has 0 aliphatic heterocycles. The Hall–Kier alpha value is -2.28. The van der Waals surface area contributed by atoms with Gasteiger partial charge in [0.05, 0.1) is 10.9 Å². The lowest BCUT2D eigenvalue weighted by Gasteiger charge is -2.15. The second-order valence-electron chi connectivity index (χ2n) is 7.59. The number of hydrogen-bond donors (Lipinski definition) is 2. The van der Waals surface area contributed by atoms with Gasteiger partial charge in [0.15, 0.2) is 5.16 Å². The van der Waals surface area contributed by atoms with Gasteiger partial charge in [-0.15, -0.1) is 0 Å². The van der Waals surface area contributed by atoms with E-state index in [9.17, 15) is 9.59 Å². The molecule has 7 heteroatoms. The van der Waals surface area contributed by atoms with Crippen LogP contribution in [0, 0.1) is 33.6 Å². The Kier molecular flexibility index (Phi) is 7.29. The van der Waals surface area contributed by atoms with Gasteiger partial charge >= 0.3 is 6.03 Å². The number of carbonyl (C=O) groups excluding carboxylic acids is 2. The van der Waals surface area contributed by atoms with Crippen molar-refractivity contribution in [3.63, 3.8) is 0 Å². The Balaban J connectivity index is 2.01. The molecule has 1 unspecified atom stereocenters. The van der Waals surface area contributed by atoms with Crippen LogP contribution in [0.15, 0.2) is 23.4 Å². The zero-order valence-corrected chi connectivity index (χ0v) is 18.5. The van der Waals surface area contributed by atoms with Crippen LogP contribution < -0.4 is 10.6 Å². The number of urea groups is 1. The number of amides is 3. The van der Waals surface area contributed by atoms with Gasteiger partial charge in [-0.05, 0) is 52.2 Å². The first kappa shape index (κ1) is 22.0. The molecular weight excluding hydrogens is 372 g/mol. The fourth-order valence-corrected chi connectivity index (χ4v) is 3.84. The molecule has 0 aliphatic rings. The smallest absolute Gasteiger partial charge is 0.323 e. The van der Waals surface area contributed by atoms with Crippen LogP contribution in [0.5, 0.6) is 0 Å². The van der Waals surface area contributed by atoms with E-state index in [1.54, 1.807) is 6.92 Å². The third-order valence-electron chi connectivity index (χ3n) is 4.49. The van der Waals surface area contributed by atoms with Gasteiger partial charge in [-0.2, -0.15) is 0 Å². The number of nitrogens with one attached hydrogen (secondary N) is 2. The second kappa shape index (κ2) is 9.28. The van der Waals surface area contributed by atoms with E-state index in [2.05, 4.69) is 34.0 Å². The first-order valence-corrected chi connectivity index (χ1v) is 10.4. The fourth-order valence-electron chi connectivity index (χ4n) is 2.83. The highest BCUT2D eigenvalue weighted by Gasteiger charge is 2.21. The Morgan fingerprint density at radius 3 is 2.43 bits per heavy atom. The quantitative estimate of drug-likeness (QED) is 0.692. The van der Waals surface area contributed by atoms with Crippen molar-refractivity contribution in [3.05, 3.63) is 40.7 Å². The molecular formula is C21H30N4O2S. The van der Waals surface area contributed by atoms with Crippen molar-refractivity contribution < 1.29 is 9.59 Å². The predicted molar refractivity (Wildman–Crippen MR) is 115 cm³/mol. The highest BCUT2D eigenvalue weighted by atomic mass is 32.2. The number of carbonyl (C=O) groups is 2. The number of anilines is 1. The summed E-state index contributed by atoms with van der Waals surface area (Å²) in [7, 11) is 0. The van der Waals surface area contributed by atoms with Crippen LogP contribution >= 0.6 is 11.8 Å². The normalized spacial score (nSPS) is 12.1. The standard InChI is InChI=1S/C21H30N4O2S/c1-12(2)11-25-16(6)15(5)22-21(25)28-17(7)19(26)24-20(27)23-18-9-8-13(3)10-14(18)4/h8-10,12,17H,11H2,1-7H3,(H2,23,24,26,27).